The molecule has 5 nitrogen and oxygen atoms in total. The minimum Gasteiger partial charge on any atom is -0.324 e. The van der Waals surface area contributed by atoms with E-state index in [2.05, 4.69) is 5.32 Å². The summed E-state index contributed by atoms with van der Waals surface area (Å²) in [5.74, 6) is -0.461. The highest BCUT2D eigenvalue weighted by Crippen LogP contribution is 2.33. The molecule has 0 saturated heterocycles. The van der Waals surface area contributed by atoms with Crippen molar-refractivity contribution in [1.29, 1.82) is 0 Å². The number of rotatable bonds is 3. The smallest absolute Gasteiger partial charge is 0.289 e. The Balaban J connectivity index is 3.08. The molecule has 0 aliphatic carbocycles. The van der Waals surface area contributed by atoms with Crippen LogP contribution in [0.1, 0.15) is 13.8 Å². The monoisotopic (exact) mass is 276 g/mol. The number of amides is 1. The highest BCUT2D eigenvalue weighted by molar-refractivity contribution is 6.37. The Bertz CT molecular complexity index is 475. The maximum Gasteiger partial charge on any atom is 0.289 e. The number of carbonyl (C=O) groups is 1. The molecule has 0 atom stereocenters. The highest BCUT2D eigenvalue weighted by atomic mass is 35.5. The zero-order valence-electron chi connectivity index (χ0n) is 9.16. The SMILES string of the molecule is CC(C)C(=O)Nc1cc(Cl)c([N+](=O)[O-])cc1Cl. The Kier molecular flexibility index (Phi) is 4.31. The van der Waals surface area contributed by atoms with Gasteiger partial charge in [-0.1, -0.05) is 37.0 Å². The highest BCUT2D eigenvalue weighted by Gasteiger charge is 2.17. The van der Waals surface area contributed by atoms with E-state index >= 15 is 0 Å². The first kappa shape index (κ1) is 13.7. The van der Waals surface area contributed by atoms with Crippen LogP contribution in [0, 0.1) is 16.0 Å². The lowest BCUT2D eigenvalue weighted by molar-refractivity contribution is -0.384. The maximum atomic E-state index is 11.4. The first-order valence-corrected chi connectivity index (χ1v) is 5.52. The van der Waals surface area contributed by atoms with Gasteiger partial charge in [-0.3, -0.25) is 14.9 Å². The molecule has 0 radical (unpaired) electrons. The number of carbonyl (C=O) groups excluding carboxylic acids is 1. The summed E-state index contributed by atoms with van der Waals surface area (Å²) in [4.78, 5) is 21.4. The number of nitro benzene ring substituents is 1. The molecule has 0 spiro atoms. The lowest BCUT2D eigenvalue weighted by Gasteiger charge is -2.09. The summed E-state index contributed by atoms with van der Waals surface area (Å²) in [5.41, 5.74) is -0.0276. The summed E-state index contributed by atoms with van der Waals surface area (Å²) in [6, 6.07) is 2.38. The fourth-order valence-corrected chi connectivity index (χ4v) is 1.49. The van der Waals surface area contributed by atoms with Gasteiger partial charge >= 0.3 is 0 Å². The molecule has 0 aliphatic heterocycles. The van der Waals surface area contributed by atoms with E-state index in [1.165, 1.54) is 6.07 Å². The molecule has 0 aromatic heterocycles. The summed E-state index contributed by atoms with van der Waals surface area (Å²) in [6.07, 6.45) is 0. The fourth-order valence-electron chi connectivity index (χ4n) is 1.05. The van der Waals surface area contributed by atoms with Crippen LogP contribution in [0.25, 0.3) is 0 Å². The van der Waals surface area contributed by atoms with Crippen LogP contribution < -0.4 is 5.32 Å². The third-order valence-corrected chi connectivity index (χ3v) is 2.63. The van der Waals surface area contributed by atoms with Crippen LogP contribution in [0.5, 0.6) is 0 Å². The van der Waals surface area contributed by atoms with Gasteiger partial charge < -0.3 is 5.32 Å². The third-order valence-electron chi connectivity index (χ3n) is 2.02. The normalized spacial score (nSPS) is 10.4. The molecule has 17 heavy (non-hydrogen) atoms. The van der Waals surface area contributed by atoms with Crippen molar-refractivity contribution in [2.75, 3.05) is 5.32 Å². The minimum absolute atomic E-state index is 0.0709. The van der Waals surface area contributed by atoms with Gasteiger partial charge in [0, 0.05) is 12.0 Å². The number of nitro groups is 1. The van der Waals surface area contributed by atoms with E-state index in [4.69, 9.17) is 23.2 Å². The van der Waals surface area contributed by atoms with Gasteiger partial charge in [0.1, 0.15) is 5.02 Å². The number of halogens is 2. The first-order valence-electron chi connectivity index (χ1n) is 4.77. The summed E-state index contributed by atoms with van der Waals surface area (Å²) < 4.78 is 0. The van der Waals surface area contributed by atoms with E-state index in [1.54, 1.807) is 13.8 Å². The van der Waals surface area contributed by atoms with E-state index in [0.717, 1.165) is 6.07 Å². The minimum atomic E-state index is -0.637. The van der Waals surface area contributed by atoms with Gasteiger partial charge in [0.25, 0.3) is 5.69 Å². The molecular weight excluding hydrogens is 267 g/mol. The van der Waals surface area contributed by atoms with Gasteiger partial charge in [0.15, 0.2) is 0 Å². The molecular formula is C10H10Cl2N2O3. The summed E-state index contributed by atoms with van der Waals surface area (Å²) in [5, 5.41) is 13.1. The third kappa shape index (κ3) is 3.31. The average molecular weight is 277 g/mol. The van der Waals surface area contributed by atoms with E-state index in [-0.39, 0.29) is 33.2 Å². The lowest BCUT2D eigenvalue weighted by atomic mass is 10.2. The summed E-state index contributed by atoms with van der Waals surface area (Å²) in [7, 11) is 0. The molecule has 1 N–H and O–H groups in total. The van der Waals surface area contributed by atoms with Crippen molar-refractivity contribution in [1.82, 2.24) is 0 Å². The van der Waals surface area contributed by atoms with Crippen LogP contribution >= 0.6 is 23.2 Å². The zero-order valence-corrected chi connectivity index (χ0v) is 10.7. The van der Waals surface area contributed by atoms with Crippen LogP contribution in [0.2, 0.25) is 10.0 Å². The Hall–Kier alpha value is -1.33. The molecule has 0 fully saturated rings. The summed E-state index contributed by atoms with van der Waals surface area (Å²) >= 11 is 11.5. The fraction of sp³-hybridized carbons (Fsp3) is 0.300. The zero-order chi connectivity index (χ0) is 13.2. The van der Waals surface area contributed by atoms with E-state index < -0.39 is 4.92 Å². The number of hydrogen-bond donors (Lipinski definition) is 1. The van der Waals surface area contributed by atoms with Crippen molar-refractivity contribution < 1.29 is 9.72 Å². The largest absolute Gasteiger partial charge is 0.324 e. The second-order valence-electron chi connectivity index (χ2n) is 3.68. The van der Waals surface area contributed by atoms with Gasteiger partial charge in [0.2, 0.25) is 5.91 Å². The molecule has 0 aliphatic rings. The number of nitrogens with one attached hydrogen (secondary N) is 1. The molecule has 7 heteroatoms. The number of hydrogen-bond acceptors (Lipinski definition) is 3. The molecule has 1 aromatic carbocycles. The van der Waals surface area contributed by atoms with Crippen molar-refractivity contribution in [3.8, 4) is 0 Å². The van der Waals surface area contributed by atoms with Crippen molar-refractivity contribution in [2.24, 2.45) is 5.92 Å². The predicted molar refractivity (Wildman–Crippen MR) is 66.6 cm³/mol. The van der Waals surface area contributed by atoms with Crippen LogP contribution in [0.3, 0.4) is 0 Å². The topological polar surface area (TPSA) is 72.2 Å². The van der Waals surface area contributed by atoms with E-state index in [1.807, 2.05) is 0 Å². The average Bonchev–Trinajstić information content (AvgIpc) is 2.22. The van der Waals surface area contributed by atoms with Crippen molar-refractivity contribution in [3.63, 3.8) is 0 Å². The van der Waals surface area contributed by atoms with E-state index in [9.17, 15) is 14.9 Å². The second kappa shape index (κ2) is 5.33. The number of anilines is 1. The van der Waals surface area contributed by atoms with Gasteiger partial charge in [-0.2, -0.15) is 0 Å². The first-order chi connectivity index (χ1) is 7.82. The maximum absolute atomic E-state index is 11.4. The molecule has 1 aromatic rings. The van der Waals surface area contributed by atoms with Crippen molar-refractivity contribution >= 4 is 40.5 Å². The molecule has 92 valence electrons. The number of benzene rings is 1. The standard InChI is InChI=1S/C10H10Cl2N2O3/c1-5(2)10(15)13-8-3-7(12)9(14(16)17)4-6(8)11/h3-5H,1-2H3,(H,13,15). The molecule has 0 saturated carbocycles. The molecule has 0 heterocycles. The van der Waals surface area contributed by atoms with E-state index in [0.29, 0.717) is 0 Å². The number of nitrogens with zero attached hydrogens (tertiary/aromatic N) is 1. The van der Waals surface area contributed by atoms with Crippen LogP contribution in [-0.2, 0) is 4.79 Å². The van der Waals surface area contributed by atoms with Crippen LogP contribution in [0.4, 0.5) is 11.4 Å². The summed E-state index contributed by atoms with van der Waals surface area (Å²) in [6.45, 7) is 3.44. The van der Waals surface area contributed by atoms with Gasteiger partial charge in [-0.15, -0.1) is 0 Å². The Morgan fingerprint density at radius 2 is 1.94 bits per heavy atom. The van der Waals surface area contributed by atoms with Gasteiger partial charge in [-0.25, -0.2) is 0 Å². The predicted octanol–water partition coefficient (Wildman–Crippen LogP) is 3.50. The van der Waals surface area contributed by atoms with Crippen molar-refractivity contribution in [2.45, 2.75) is 13.8 Å². The van der Waals surface area contributed by atoms with Gasteiger partial charge in [-0.05, 0) is 6.07 Å². The van der Waals surface area contributed by atoms with Crippen LogP contribution in [0.15, 0.2) is 12.1 Å². The quantitative estimate of drug-likeness (QED) is 0.678. The van der Waals surface area contributed by atoms with Crippen molar-refractivity contribution in [3.05, 3.63) is 32.3 Å². The van der Waals surface area contributed by atoms with Gasteiger partial charge in [0.05, 0.1) is 15.6 Å². The Morgan fingerprint density at radius 1 is 1.35 bits per heavy atom. The Labute approximate surface area is 108 Å². The molecule has 0 bridgehead atoms. The molecule has 1 rings (SSSR count). The lowest BCUT2D eigenvalue weighted by Crippen LogP contribution is -2.18. The Morgan fingerprint density at radius 3 is 2.41 bits per heavy atom. The second-order valence-corrected chi connectivity index (χ2v) is 4.50. The molecule has 0 unspecified atom stereocenters. The molecule has 1 amide bonds. The van der Waals surface area contributed by atoms with Crippen LogP contribution in [-0.4, -0.2) is 10.8 Å².